The summed E-state index contributed by atoms with van der Waals surface area (Å²) in [4.78, 5) is 2.37. The molecule has 1 fully saturated rings. The molecule has 0 aromatic heterocycles. The van der Waals surface area contributed by atoms with Gasteiger partial charge in [-0.1, -0.05) is 62.4 Å². The van der Waals surface area contributed by atoms with Crippen LogP contribution >= 0.6 is 0 Å². The molecule has 0 saturated carbocycles. The topological polar surface area (TPSA) is 21.7 Å². The van der Waals surface area contributed by atoms with E-state index in [-0.39, 0.29) is 23.7 Å². The van der Waals surface area contributed by atoms with Gasteiger partial charge in [0, 0.05) is 11.1 Å². The van der Waals surface area contributed by atoms with Crippen LogP contribution in [-0.4, -0.2) is 18.3 Å². The van der Waals surface area contributed by atoms with Crippen molar-refractivity contribution in [2.75, 3.05) is 4.90 Å². The summed E-state index contributed by atoms with van der Waals surface area (Å²) in [5.41, 5.74) is 6.47. The highest BCUT2D eigenvalue weighted by Crippen LogP contribution is 2.51. The molecular weight excluding hydrogens is 381 g/mol. The number of hydrogen-bond donors (Lipinski definition) is 0. The number of benzene rings is 3. The fourth-order valence-corrected chi connectivity index (χ4v) is 4.74. The summed E-state index contributed by atoms with van der Waals surface area (Å²) in [5.74, 6) is 0. The molecule has 2 aliphatic rings. The van der Waals surface area contributed by atoms with E-state index in [1.807, 2.05) is 0 Å². The summed E-state index contributed by atoms with van der Waals surface area (Å²) in [6.07, 6.45) is 0. The summed E-state index contributed by atoms with van der Waals surface area (Å²) in [5, 5.41) is 0. The van der Waals surface area contributed by atoms with Crippen molar-refractivity contribution < 1.29 is 9.31 Å². The second-order valence-electron chi connectivity index (χ2n) is 10.2. The van der Waals surface area contributed by atoms with Gasteiger partial charge in [-0.2, -0.15) is 0 Å². The lowest BCUT2D eigenvalue weighted by Gasteiger charge is -2.42. The Labute approximate surface area is 186 Å². The maximum absolute atomic E-state index is 6.32. The maximum Gasteiger partial charge on any atom is 0.494 e. The SMILES string of the molecule is CC1(C)c2ccccc2N(c2cccc(B3OC(C)(C)C(C)(C)O3)c2)c2ccccc21. The third-order valence-corrected chi connectivity index (χ3v) is 7.29. The smallest absolute Gasteiger partial charge is 0.399 e. The van der Waals surface area contributed by atoms with Crippen LogP contribution in [0.4, 0.5) is 17.1 Å². The minimum atomic E-state index is -0.378. The zero-order chi connectivity index (χ0) is 22.0. The van der Waals surface area contributed by atoms with Gasteiger partial charge in [-0.3, -0.25) is 0 Å². The fraction of sp³-hybridized carbons (Fsp3) is 0.333. The molecule has 3 aromatic rings. The Morgan fingerprint density at radius 1 is 0.645 bits per heavy atom. The molecule has 0 bridgehead atoms. The number of para-hydroxylation sites is 2. The van der Waals surface area contributed by atoms with Crippen molar-refractivity contribution in [1.29, 1.82) is 0 Å². The molecular formula is C27H30BNO2. The lowest BCUT2D eigenvalue weighted by molar-refractivity contribution is 0.00578. The predicted molar refractivity (Wildman–Crippen MR) is 129 cm³/mol. The molecule has 0 unspecified atom stereocenters. The molecule has 2 heterocycles. The number of fused-ring (bicyclic) bond motifs is 2. The first-order valence-electron chi connectivity index (χ1n) is 11.1. The Morgan fingerprint density at radius 3 is 1.71 bits per heavy atom. The van der Waals surface area contributed by atoms with Crippen molar-refractivity contribution in [1.82, 2.24) is 0 Å². The van der Waals surface area contributed by atoms with Crippen LogP contribution in [0.3, 0.4) is 0 Å². The number of nitrogens with zero attached hydrogens (tertiary/aromatic N) is 1. The zero-order valence-electron chi connectivity index (χ0n) is 19.3. The third-order valence-electron chi connectivity index (χ3n) is 7.29. The Hall–Kier alpha value is -2.56. The van der Waals surface area contributed by atoms with Crippen molar-refractivity contribution >= 4 is 29.6 Å². The minimum Gasteiger partial charge on any atom is -0.399 e. The van der Waals surface area contributed by atoms with Gasteiger partial charge in [0.1, 0.15) is 0 Å². The van der Waals surface area contributed by atoms with Crippen LogP contribution in [0.2, 0.25) is 0 Å². The molecule has 4 heteroatoms. The van der Waals surface area contributed by atoms with Crippen LogP contribution in [0.1, 0.15) is 52.7 Å². The van der Waals surface area contributed by atoms with Gasteiger partial charge in [0.15, 0.2) is 0 Å². The van der Waals surface area contributed by atoms with Crippen molar-refractivity contribution in [3.8, 4) is 0 Å². The van der Waals surface area contributed by atoms with Gasteiger partial charge in [-0.25, -0.2) is 0 Å². The van der Waals surface area contributed by atoms with E-state index in [0.29, 0.717) is 0 Å². The van der Waals surface area contributed by atoms with Gasteiger partial charge >= 0.3 is 7.12 Å². The summed E-state index contributed by atoms with van der Waals surface area (Å²) in [6.45, 7) is 13.0. The summed E-state index contributed by atoms with van der Waals surface area (Å²) in [7, 11) is -0.378. The standard InChI is InChI=1S/C27H30BNO2/c1-25(2)21-14-7-9-16-23(21)29(24-17-10-8-15-22(24)25)20-13-11-12-19(18-20)28-30-26(3,4)27(5,6)31-28/h7-18H,1-6H3. The molecule has 158 valence electrons. The molecule has 31 heavy (non-hydrogen) atoms. The predicted octanol–water partition coefficient (Wildman–Crippen LogP) is 6.09. The van der Waals surface area contributed by atoms with Gasteiger partial charge in [-0.15, -0.1) is 0 Å². The van der Waals surface area contributed by atoms with Gasteiger partial charge < -0.3 is 14.2 Å². The first-order chi connectivity index (χ1) is 14.6. The molecule has 3 nitrogen and oxygen atoms in total. The number of rotatable bonds is 2. The summed E-state index contributed by atoms with van der Waals surface area (Å²) < 4.78 is 12.6. The quantitative estimate of drug-likeness (QED) is 0.476. The number of anilines is 3. The monoisotopic (exact) mass is 411 g/mol. The molecule has 0 atom stereocenters. The fourth-order valence-electron chi connectivity index (χ4n) is 4.74. The first-order valence-corrected chi connectivity index (χ1v) is 11.1. The largest absolute Gasteiger partial charge is 0.494 e. The molecule has 3 aromatic carbocycles. The Kier molecular flexibility index (Phi) is 4.41. The van der Waals surface area contributed by atoms with Gasteiger partial charge in [0.25, 0.3) is 0 Å². The Morgan fingerprint density at radius 2 is 1.16 bits per heavy atom. The van der Waals surface area contributed by atoms with Gasteiger partial charge in [-0.05, 0) is 68.6 Å². The lowest BCUT2D eigenvalue weighted by Crippen LogP contribution is -2.41. The van der Waals surface area contributed by atoms with Crippen molar-refractivity contribution in [2.45, 2.75) is 58.2 Å². The lowest BCUT2D eigenvalue weighted by atomic mass is 9.73. The third kappa shape index (κ3) is 3.04. The van der Waals surface area contributed by atoms with Crippen molar-refractivity contribution in [3.63, 3.8) is 0 Å². The molecule has 0 spiro atoms. The molecule has 2 aliphatic heterocycles. The van der Waals surface area contributed by atoms with E-state index in [9.17, 15) is 0 Å². The van der Waals surface area contributed by atoms with E-state index in [1.54, 1.807) is 0 Å². The molecule has 0 radical (unpaired) electrons. The highest BCUT2D eigenvalue weighted by Gasteiger charge is 2.51. The van der Waals surface area contributed by atoms with Gasteiger partial charge in [0.05, 0.1) is 22.6 Å². The first kappa shape index (κ1) is 20.4. The van der Waals surface area contributed by atoms with Gasteiger partial charge in [0.2, 0.25) is 0 Å². The molecule has 5 rings (SSSR count). The second kappa shape index (κ2) is 6.72. The van der Waals surface area contributed by atoms with Crippen molar-refractivity contribution in [2.24, 2.45) is 0 Å². The minimum absolute atomic E-state index is 0.0625. The number of hydrogen-bond acceptors (Lipinski definition) is 3. The van der Waals surface area contributed by atoms with Crippen LogP contribution in [0, 0.1) is 0 Å². The van der Waals surface area contributed by atoms with E-state index in [1.165, 1.54) is 22.5 Å². The molecule has 0 amide bonds. The van der Waals surface area contributed by atoms with Crippen LogP contribution < -0.4 is 10.4 Å². The second-order valence-corrected chi connectivity index (χ2v) is 10.2. The van der Waals surface area contributed by atoms with Crippen LogP contribution in [-0.2, 0) is 14.7 Å². The highest BCUT2D eigenvalue weighted by atomic mass is 16.7. The van der Waals surface area contributed by atoms with E-state index in [0.717, 1.165) is 11.2 Å². The average molecular weight is 411 g/mol. The van der Waals surface area contributed by atoms with Crippen LogP contribution in [0.25, 0.3) is 0 Å². The normalized spacial score (nSPS) is 20.3. The van der Waals surface area contributed by atoms with E-state index in [4.69, 9.17) is 9.31 Å². The summed E-state index contributed by atoms with van der Waals surface area (Å²) in [6, 6.07) is 26.0. The Bertz CT molecular complexity index is 1090. The van der Waals surface area contributed by atoms with Crippen LogP contribution in [0.5, 0.6) is 0 Å². The van der Waals surface area contributed by atoms with E-state index >= 15 is 0 Å². The van der Waals surface area contributed by atoms with Crippen LogP contribution in [0.15, 0.2) is 72.8 Å². The van der Waals surface area contributed by atoms with Crippen molar-refractivity contribution in [3.05, 3.63) is 83.9 Å². The maximum atomic E-state index is 6.32. The molecule has 0 N–H and O–H groups in total. The van der Waals surface area contributed by atoms with E-state index in [2.05, 4.69) is 119 Å². The average Bonchev–Trinajstić information content (AvgIpc) is 2.96. The van der Waals surface area contributed by atoms with E-state index < -0.39 is 0 Å². The highest BCUT2D eigenvalue weighted by molar-refractivity contribution is 6.62. The zero-order valence-corrected chi connectivity index (χ0v) is 19.3. The molecule has 1 saturated heterocycles. The molecule has 0 aliphatic carbocycles. The Balaban J connectivity index is 1.63. The summed E-state index contributed by atoms with van der Waals surface area (Å²) >= 11 is 0.